The molecule has 0 amide bonds. The molecule has 3 aliphatic rings. The zero-order valence-corrected chi connectivity index (χ0v) is 14.1. The summed E-state index contributed by atoms with van der Waals surface area (Å²) in [6.07, 6.45) is 7.11. The lowest BCUT2D eigenvalue weighted by Crippen LogP contribution is -2.90. The van der Waals surface area contributed by atoms with Crippen molar-refractivity contribution in [2.75, 3.05) is 7.11 Å². The normalized spacial score (nSPS) is 33.9. The number of alkyl halides is 2. The van der Waals surface area contributed by atoms with Crippen LogP contribution in [0.5, 0.6) is 11.5 Å². The second kappa shape index (κ2) is 6.51. The van der Waals surface area contributed by atoms with Crippen LogP contribution in [0, 0.1) is 23.7 Å². The lowest BCUT2D eigenvalue weighted by Gasteiger charge is -2.30. The Morgan fingerprint density at radius 1 is 1.12 bits per heavy atom. The monoisotopic (exact) mass is 338 g/mol. The summed E-state index contributed by atoms with van der Waals surface area (Å²) in [4.78, 5) is 0. The molecule has 0 aromatic heterocycles. The molecular weight excluding hydrogens is 312 g/mol. The molecule has 24 heavy (non-hydrogen) atoms. The SMILES string of the molecule is COc1cc(C[NH2+][C@@H]2C[C@H]3C[C@@H]2[C@H]2CCC[C@H]32)ccc1OC(F)F. The molecule has 3 saturated carbocycles. The highest BCUT2D eigenvalue weighted by Gasteiger charge is 2.55. The molecule has 0 unspecified atom stereocenters. The van der Waals surface area contributed by atoms with Crippen LogP contribution in [0.2, 0.25) is 0 Å². The molecule has 132 valence electrons. The number of hydrogen-bond donors (Lipinski definition) is 1. The Morgan fingerprint density at radius 2 is 1.96 bits per heavy atom. The van der Waals surface area contributed by atoms with Gasteiger partial charge in [0.15, 0.2) is 11.5 Å². The predicted molar refractivity (Wildman–Crippen MR) is 86.1 cm³/mol. The number of methoxy groups -OCH3 is 1. The van der Waals surface area contributed by atoms with Crippen LogP contribution in [0.3, 0.4) is 0 Å². The molecule has 0 radical (unpaired) electrons. The zero-order chi connectivity index (χ0) is 16.7. The van der Waals surface area contributed by atoms with E-state index in [1.807, 2.05) is 12.1 Å². The molecule has 3 nitrogen and oxygen atoms in total. The number of ether oxygens (including phenoxy) is 2. The third kappa shape index (κ3) is 2.87. The van der Waals surface area contributed by atoms with Gasteiger partial charge < -0.3 is 14.8 Å². The molecule has 0 saturated heterocycles. The van der Waals surface area contributed by atoms with Crippen molar-refractivity contribution >= 4 is 0 Å². The summed E-state index contributed by atoms with van der Waals surface area (Å²) in [7, 11) is 1.48. The summed E-state index contributed by atoms with van der Waals surface area (Å²) in [5, 5.41) is 2.46. The fraction of sp³-hybridized carbons (Fsp3) is 0.684. The number of fused-ring (bicyclic) bond motifs is 5. The molecule has 1 aromatic carbocycles. The van der Waals surface area contributed by atoms with E-state index in [1.54, 1.807) is 6.07 Å². The van der Waals surface area contributed by atoms with E-state index in [4.69, 9.17) is 4.74 Å². The predicted octanol–water partition coefficient (Wildman–Crippen LogP) is 3.18. The number of benzene rings is 1. The van der Waals surface area contributed by atoms with Crippen molar-refractivity contribution in [2.24, 2.45) is 23.7 Å². The molecule has 3 fully saturated rings. The zero-order valence-electron chi connectivity index (χ0n) is 14.1. The average molecular weight is 338 g/mol. The first kappa shape index (κ1) is 16.1. The van der Waals surface area contributed by atoms with Gasteiger partial charge in [0.2, 0.25) is 0 Å². The van der Waals surface area contributed by atoms with Crippen LogP contribution in [0.25, 0.3) is 0 Å². The minimum atomic E-state index is -2.83. The molecule has 0 spiro atoms. The van der Waals surface area contributed by atoms with Crippen LogP contribution in [0.15, 0.2) is 18.2 Å². The Bertz CT molecular complexity index is 595. The molecule has 0 heterocycles. The van der Waals surface area contributed by atoms with Crippen molar-refractivity contribution in [1.82, 2.24) is 0 Å². The number of nitrogens with two attached hydrogens (primary N) is 1. The van der Waals surface area contributed by atoms with Crippen molar-refractivity contribution in [3.63, 3.8) is 0 Å². The molecule has 1 aromatic rings. The fourth-order valence-corrected chi connectivity index (χ4v) is 5.71. The Morgan fingerprint density at radius 3 is 2.75 bits per heavy atom. The van der Waals surface area contributed by atoms with E-state index in [0.29, 0.717) is 5.75 Å². The Balaban J connectivity index is 1.38. The van der Waals surface area contributed by atoms with Crippen molar-refractivity contribution in [3.05, 3.63) is 23.8 Å². The smallest absolute Gasteiger partial charge is 0.387 e. The lowest BCUT2D eigenvalue weighted by molar-refractivity contribution is -0.711. The third-order valence-corrected chi connectivity index (χ3v) is 6.58. The maximum absolute atomic E-state index is 12.4. The molecule has 5 heteroatoms. The third-order valence-electron chi connectivity index (χ3n) is 6.58. The minimum absolute atomic E-state index is 0.102. The summed E-state index contributed by atoms with van der Waals surface area (Å²) >= 11 is 0. The number of quaternary nitrogens is 1. The Kier molecular flexibility index (Phi) is 4.37. The van der Waals surface area contributed by atoms with Gasteiger partial charge in [-0.2, -0.15) is 8.78 Å². The maximum atomic E-state index is 12.4. The Hall–Kier alpha value is -1.36. The van der Waals surface area contributed by atoms with Crippen molar-refractivity contribution in [1.29, 1.82) is 0 Å². The highest BCUT2D eigenvalue weighted by Crippen LogP contribution is 2.57. The van der Waals surface area contributed by atoms with E-state index in [0.717, 1.165) is 41.8 Å². The van der Waals surface area contributed by atoms with Gasteiger partial charge >= 0.3 is 6.61 Å². The van der Waals surface area contributed by atoms with Gasteiger partial charge in [-0.05, 0) is 55.2 Å². The number of rotatable bonds is 6. The van der Waals surface area contributed by atoms with Crippen LogP contribution in [-0.2, 0) is 6.54 Å². The Labute approximate surface area is 141 Å². The molecule has 0 aliphatic heterocycles. The van der Waals surface area contributed by atoms with Crippen LogP contribution < -0.4 is 14.8 Å². The van der Waals surface area contributed by atoms with Gasteiger partial charge in [-0.3, -0.25) is 0 Å². The average Bonchev–Trinajstić information content (AvgIpc) is 3.26. The summed E-state index contributed by atoms with van der Waals surface area (Å²) in [5.41, 5.74) is 1.10. The van der Waals surface area contributed by atoms with Gasteiger partial charge in [0.05, 0.1) is 13.2 Å². The standard InChI is InChI=1S/C19H25F2NO2/c1-23-18-7-11(5-6-17(18)24-19(20)21)10-22-16-9-12-8-15(16)14-4-2-3-13(12)14/h5-7,12-16,19,22H,2-4,8-10H2,1H3/p+1/t12-,13-,14+,15-,16-/m1/s1. The van der Waals surface area contributed by atoms with Crippen LogP contribution in [-0.4, -0.2) is 19.8 Å². The molecular formula is C19H26F2NO2+. The van der Waals surface area contributed by atoms with E-state index >= 15 is 0 Å². The van der Waals surface area contributed by atoms with E-state index in [2.05, 4.69) is 10.1 Å². The van der Waals surface area contributed by atoms with Gasteiger partial charge in [0.25, 0.3) is 0 Å². The van der Waals surface area contributed by atoms with Gasteiger partial charge in [-0.1, -0.05) is 6.42 Å². The number of halogens is 2. The quantitative estimate of drug-likeness (QED) is 0.865. The largest absolute Gasteiger partial charge is 0.493 e. The van der Waals surface area contributed by atoms with Gasteiger partial charge in [-0.15, -0.1) is 0 Å². The summed E-state index contributed by atoms with van der Waals surface area (Å²) in [6, 6.07) is 6.00. The first-order valence-electron chi connectivity index (χ1n) is 9.10. The first-order valence-corrected chi connectivity index (χ1v) is 9.10. The van der Waals surface area contributed by atoms with Gasteiger partial charge in [0.1, 0.15) is 6.54 Å². The fourth-order valence-electron chi connectivity index (χ4n) is 5.71. The van der Waals surface area contributed by atoms with E-state index in [9.17, 15) is 8.78 Å². The second-order valence-electron chi connectivity index (χ2n) is 7.62. The van der Waals surface area contributed by atoms with Gasteiger partial charge in [-0.25, -0.2) is 0 Å². The summed E-state index contributed by atoms with van der Waals surface area (Å²) in [6.45, 7) is -1.96. The van der Waals surface area contributed by atoms with Crippen LogP contribution >= 0.6 is 0 Å². The van der Waals surface area contributed by atoms with Crippen molar-refractivity contribution < 1.29 is 23.6 Å². The molecule has 5 atom stereocenters. The van der Waals surface area contributed by atoms with Gasteiger partial charge in [0, 0.05) is 17.9 Å². The van der Waals surface area contributed by atoms with Crippen molar-refractivity contribution in [2.45, 2.75) is 51.3 Å². The van der Waals surface area contributed by atoms with E-state index in [-0.39, 0.29) is 5.75 Å². The number of hydrogen-bond acceptors (Lipinski definition) is 2. The molecule has 2 bridgehead atoms. The molecule has 3 aliphatic carbocycles. The summed E-state index contributed by atoms with van der Waals surface area (Å²) < 4.78 is 34.5. The second-order valence-corrected chi connectivity index (χ2v) is 7.62. The maximum Gasteiger partial charge on any atom is 0.387 e. The van der Waals surface area contributed by atoms with Crippen molar-refractivity contribution in [3.8, 4) is 11.5 Å². The lowest BCUT2D eigenvalue weighted by atomic mass is 9.79. The molecule has 4 rings (SSSR count). The summed E-state index contributed by atoms with van der Waals surface area (Å²) in [5.74, 6) is 4.33. The first-order chi connectivity index (χ1) is 11.7. The minimum Gasteiger partial charge on any atom is -0.493 e. The van der Waals surface area contributed by atoms with E-state index in [1.165, 1.54) is 39.2 Å². The highest BCUT2D eigenvalue weighted by molar-refractivity contribution is 5.42. The van der Waals surface area contributed by atoms with Crippen LogP contribution in [0.4, 0.5) is 8.78 Å². The van der Waals surface area contributed by atoms with Crippen LogP contribution in [0.1, 0.15) is 37.7 Å². The topological polar surface area (TPSA) is 35.1 Å². The van der Waals surface area contributed by atoms with E-state index < -0.39 is 6.61 Å². The molecule has 2 N–H and O–H groups in total. The highest BCUT2D eigenvalue weighted by atomic mass is 19.3.